The van der Waals surface area contributed by atoms with Crippen molar-refractivity contribution in [3.8, 4) is 0 Å². The molecule has 4 N–H and O–H groups in total. The van der Waals surface area contributed by atoms with Crippen molar-refractivity contribution < 1.29 is 5.11 Å². The molecule has 0 amide bonds. The van der Waals surface area contributed by atoms with E-state index in [9.17, 15) is 5.11 Å². The van der Waals surface area contributed by atoms with E-state index in [4.69, 9.17) is 11.1 Å². The molecule has 4 nitrogen and oxygen atoms in total. The Morgan fingerprint density at radius 1 is 1.58 bits per heavy atom. The van der Waals surface area contributed by atoms with Gasteiger partial charge in [-0.3, -0.25) is 10.3 Å². The smallest absolute Gasteiger partial charge is 0.105 e. The fourth-order valence-electron chi connectivity index (χ4n) is 1.07. The topological polar surface area (TPSA) is 73.3 Å². The van der Waals surface area contributed by atoms with E-state index in [1.165, 1.54) is 0 Å². The van der Waals surface area contributed by atoms with Crippen LogP contribution in [0, 0.1) is 5.41 Å². The zero-order valence-corrected chi connectivity index (χ0v) is 8.09. The van der Waals surface area contributed by atoms with Gasteiger partial charge in [-0.1, -0.05) is 6.92 Å². The number of hydrogen-bond acceptors (Lipinski definition) is 3. The van der Waals surface area contributed by atoms with E-state index in [-0.39, 0.29) is 5.84 Å². The maximum absolute atomic E-state index is 9.48. The SMILES string of the molecule is CCN(CC(=N)N)CC(C)(C)O. The minimum atomic E-state index is -0.717. The van der Waals surface area contributed by atoms with Gasteiger partial charge in [0.25, 0.3) is 0 Å². The van der Waals surface area contributed by atoms with Crippen LogP contribution in [-0.4, -0.2) is 41.1 Å². The number of likely N-dealkylation sites (N-methyl/N-ethyl adjacent to an activating group) is 1. The van der Waals surface area contributed by atoms with E-state index >= 15 is 0 Å². The third-order valence-electron chi connectivity index (χ3n) is 1.45. The van der Waals surface area contributed by atoms with E-state index < -0.39 is 5.60 Å². The number of amidine groups is 1. The zero-order chi connectivity index (χ0) is 9.78. The molecular weight excluding hydrogens is 154 g/mol. The quantitative estimate of drug-likeness (QED) is 0.405. The molecule has 0 bridgehead atoms. The molecule has 4 heteroatoms. The summed E-state index contributed by atoms with van der Waals surface area (Å²) in [6.07, 6.45) is 0. The molecule has 12 heavy (non-hydrogen) atoms. The van der Waals surface area contributed by atoms with Gasteiger partial charge in [-0.05, 0) is 20.4 Å². The molecule has 0 aromatic heterocycles. The first-order valence-electron chi connectivity index (χ1n) is 4.13. The Labute approximate surface area is 73.9 Å². The Bertz CT molecular complexity index is 151. The molecule has 0 aliphatic carbocycles. The molecule has 0 aliphatic rings. The first-order chi connectivity index (χ1) is 5.35. The monoisotopic (exact) mass is 173 g/mol. The van der Waals surface area contributed by atoms with E-state index in [0.29, 0.717) is 13.1 Å². The zero-order valence-electron chi connectivity index (χ0n) is 8.09. The van der Waals surface area contributed by atoms with Crippen LogP contribution in [0.1, 0.15) is 20.8 Å². The number of nitrogens with two attached hydrogens (primary N) is 1. The number of rotatable bonds is 5. The van der Waals surface area contributed by atoms with Crippen molar-refractivity contribution in [2.75, 3.05) is 19.6 Å². The fourth-order valence-corrected chi connectivity index (χ4v) is 1.07. The average molecular weight is 173 g/mol. The average Bonchev–Trinajstić information content (AvgIpc) is 1.82. The van der Waals surface area contributed by atoms with Crippen molar-refractivity contribution in [3.63, 3.8) is 0 Å². The van der Waals surface area contributed by atoms with Crippen LogP contribution >= 0.6 is 0 Å². The maximum Gasteiger partial charge on any atom is 0.105 e. The van der Waals surface area contributed by atoms with Crippen LogP contribution in [0.2, 0.25) is 0 Å². The van der Waals surface area contributed by atoms with Gasteiger partial charge in [0.1, 0.15) is 5.84 Å². The van der Waals surface area contributed by atoms with Crippen molar-refractivity contribution >= 4 is 5.84 Å². The lowest BCUT2D eigenvalue weighted by Crippen LogP contribution is -2.42. The molecule has 0 saturated heterocycles. The molecule has 0 fully saturated rings. The molecule has 0 heterocycles. The maximum atomic E-state index is 9.48. The van der Waals surface area contributed by atoms with Crippen LogP contribution in [0.4, 0.5) is 0 Å². The minimum Gasteiger partial charge on any atom is -0.389 e. The second-order valence-corrected chi connectivity index (χ2v) is 3.64. The van der Waals surface area contributed by atoms with E-state index in [2.05, 4.69) is 0 Å². The minimum absolute atomic E-state index is 0.140. The fraction of sp³-hybridized carbons (Fsp3) is 0.875. The van der Waals surface area contributed by atoms with E-state index in [0.717, 1.165) is 6.54 Å². The van der Waals surface area contributed by atoms with Crippen LogP contribution < -0.4 is 5.73 Å². The van der Waals surface area contributed by atoms with Crippen molar-refractivity contribution in [3.05, 3.63) is 0 Å². The summed E-state index contributed by atoms with van der Waals surface area (Å²) in [7, 11) is 0. The highest BCUT2D eigenvalue weighted by Gasteiger charge is 2.17. The lowest BCUT2D eigenvalue weighted by atomic mass is 10.1. The van der Waals surface area contributed by atoms with Crippen LogP contribution in [0.25, 0.3) is 0 Å². The second kappa shape index (κ2) is 4.42. The normalized spacial score (nSPS) is 12.1. The molecule has 0 spiro atoms. The van der Waals surface area contributed by atoms with Gasteiger partial charge in [-0.15, -0.1) is 0 Å². The molecule has 0 aliphatic heterocycles. The molecule has 0 aromatic rings. The summed E-state index contributed by atoms with van der Waals surface area (Å²) in [6, 6.07) is 0. The van der Waals surface area contributed by atoms with Gasteiger partial charge in [0.15, 0.2) is 0 Å². The Balaban J connectivity index is 3.92. The Kier molecular flexibility index (Phi) is 4.20. The molecule has 0 rings (SSSR count). The highest BCUT2D eigenvalue weighted by Crippen LogP contribution is 2.03. The molecule has 0 unspecified atom stereocenters. The Morgan fingerprint density at radius 2 is 2.08 bits per heavy atom. The predicted molar refractivity (Wildman–Crippen MR) is 50.3 cm³/mol. The van der Waals surface area contributed by atoms with Crippen LogP contribution in [0.5, 0.6) is 0 Å². The summed E-state index contributed by atoms with van der Waals surface area (Å²) >= 11 is 0. The number of aliphatic hydroxyl groups is 1. The van der Waals surface area contributed by atoms with Gasteiger partial charge in [0.05, 0.1) is 12.1 Å². The molecule has 0 radical (unpaired) electrons. The summed E-state index contributed by atoms with van der Waals surface area (Å²) in [6.45, 7) is 7.24. The third kappa shape index (κ3) is 6.12. The van der Waals surface area contributed by atoms with Crippen molar-refractivity contribution in [1.82, 2.24) is 4.90 Å². The van der Waals surface area contributed by atoms with Crippen molar-refractivity contribution in [1.29, 1.82) is 5.41 Å². The van der Waals surface area contributed by atoms with Crippen LogP contribution in [-0.2, 0) is 0 Å². The largest absolute Gasteiger partial charge is 0.389 e. The Hall–Kier alpha value is -0.610. The first-order valence-corrected chi connectivity index (χ1v) is 4.13. The second-order valence-electron chi connectivity index (χ2n) is 3.64. The van der Waals surface area contributed by atoms with Gasteiger partial charge in [-0.2, -0.15) is 0 Å². The lowest BCUT2D eigenvalue weighted by Gasteiger charge is -2.27. The highest BCUT2D eigenvalue weighted by atomic mass is 16.3. The third-order valence-corrected chi connectivity index (χ3v) is 1.45. The van der Waals surface area contributed by atoms with Crippen LogP contribution in [0.15, 0.2) is 0 Å². The summed E-state index contributed by atoms with van der Waals surface area (Å²) in [5.41, 5.74) is 4.53. The summed E-state index contributed by atoms with van der Waals surface area (Å²) in [5.74, 6) is 0.140. The molecular formula is C8H19N3O. The van der Waals surface area contributed by atoms with Gasteiger partial charge >= 0.3 is 0 Å². The first kappa shape index (κ1) is 11.4. The van der Waals surface area contributed by atoms with Gasteiger partial charge in [0.2, 0.25) is 0 Å². The van der Waals surface area contributed by atoms with Gasteiger partial charge in [0, 0.05) is 6.54 Å². The van der Waals surface area contributed by atoms with Crippen molar-refractivity contribution in [2.24, 2.45) is 5.73 Å². The lowest BCUT2D eigenvalue weighted by molar-refractivity contribution is 0.0428. The summed E-state index contributed by atoms with van der Waals surface area (Å²) in [4.78, 5) is 1.93. The number of nitrogens with zero attached hydrogens (tertiary/aromatic N) is 1. The molecule has 0 atom stereocenters. The number of nitrogens with one attached hydrogen (secondary N) is 1. The van der Waals surface area contributed by atoms with Crippen molar-refractivity contribution in [2.45, 2.75) is 26.4 Å². The molecule has 72 valence electrons. The predicted octanol–water partition coefficient (Wildman–Crippen LogP) is 0.0152. The molecule has 0 aromatic carbocycles. The highest BCUT2D eigenvalue weighted by molar-refractivity contribution is 5.78. The van der Waals surface area contributed by atoms with E-state index in [1.807, 2.05) is 11.8 Å². The van der Waals surface area contributed by atoms with Gasteiger partial charge in [-0.25, -0.2) is 0 Å². The van der Waals surface area contributed by atoms with Gasteiger partial charge < -0.3 is 10.8 Å². The summed E-state index contributed by atoms with van der Waals surface area (Å²) < 4.78 is 0. The Morgan fingerprint density at radius 3 is 2.33 bits per heavy atom. The van der Waals surface area contributed by atoms with E-state index in [1.54, 1.807) is 13.8 Å². The molecule has 0 saturated carbocycles. The number of hydrogen-bond donors (Lipinski definition) is 3. The summed E-state index contributed by atoms with van der Waals surface area (Å²) in [5, 5.41) is 16.6. The van der Waals surface area contributed by atoms with Crippen LogP contribution in [0.3, 0.4) is 0 Å². The standard InChI is InChI=1S/C8H19N3O/c1-4-11(5-7(9)10)6-8(2,3)12/h12H,4-6H2,1-3H3,(H3,9,10).